The summed E-state index contributed by atoms with van der Waals surface area (Å²) in [7, 11) is 0. The number of carbonyl (C=O) groups excluding carboxylic acids is 1. The number of amides is 1. The largest absolute Gasteiger partial charge is 0.365 e. The Hall–Kier alpha value is -3.08. The van der Waals surface area contributed by atoms with Crippen molar-refractivity contribution in [3.63, 3.8) is 0 Å². The molecular weight excluding hydrogens is 336 g/mol. The first-order chi connectivity index (χ1) is 13.1. The second-order valence-corrected chi connectivity index (χ2v) is 6.91. The molecule has 1 aromatic heterocycles. The Labute approximate surface area is 159 Å². The Morgan fingerprint density at radius 1 is 0.852 bits per heavy atom. The monoisotopic (exact) mass is 360 g/mol. The molecule has 0 spiro atoms. The van der Waals surface area contributed by atoms with Crippen LogP contribution in [0.2, 0.25) is 0 Å². The molecule has 0 unspecified atom stereocenters. The zero-order valence-electron chi connectivity index (χ0n) is 15.8. The highest BCUT2D eigenvalue weighted by Gasteiger charge is 2.25. The SMILES string of the molecule is Cc1nn(-c2ccccc2)c(C)c1N1CCN(C(=O)c2ccccc2)CC1. The van der Waals surface area contributed by atoms with E-state index in [1.165, 1.54) is 5.69 Å². The van der Waals surface area contributed by atoms with E-state index in [-0.39, 0.29) is 5.91 Å². The summed E-state index contributed by atoms with van der Waals surface area (Å²) in [6.45, 7) is 7.26. The minimum absolute atomic E-state index is 0.115. The summed E-state index contributed by atoms with van der Waals surface area (Å²) in [5.74, 6) is 0.115. The summed E-state index contributed by atoms with van der Waals surface area (Å²) in [4.78, 5) is 17.0. The maximum Gasteiger partial charge on any atom is 0.253 e. The molecule has 2 aromatic carbocycles. The highest BCUT2D eigenvalue weighted by molar-refractivity contribution is 5.94. The van der Waals surface area contributed by atoms with Crippen LogP contribution in [0.3, 0.4) is 0 Å². The molecule has 1 saturated heterocycles. The highest BCUT2D eigenvalue weighted by Crippen LogP contribution is 2.27. The first kappa shape index (κ1) is 17.3. The Morgan fingerprint density at radius 2 is 1.44 bits per heavy atom. The van der Waals surface area contributed by atoms with Crippen molar-refractivity contribution in [2.45, 2.75) is 13.8 Å². The Balaban J connectivity index is 1.50. The first-order valence-electron chi connectivity index (χ1n) is 9.36. The summed E-state index contributed by atoms with van der Waals surface area (Å²) in [5, 5.41) is 4.75. The lowest BCUT2D eigenvalue weighted by Gasteiger charge is -2.36. The summed E-state index contributed by atoms with van der Waals surface area (Å²) in [6, 6.07) is 19.7. The number of hydrogen-bond acceptors (Lipinski definition) is 3. The lowest BCUT2D eigenvalue weighted by molar-refractivity contribution is 0.0747. The maximum atomic E-state index is 12.7. The molecule has 2 heterocycles. The third kappa shape index (κ3) is 3.33. The number of piperazine rings is 1. The van der Waals surface area contributed by atoms with E-state index in [0.717, 1.165) is 48.8 Å². The van der Waals surface area contributed by atoms with Crippen LogP contribution in [-0.4, -0.2) is 46.8 Å². The van der Waals surface area contributed by atoms with Gasteiger partial charge in [0.2, 0.25) is 0 Å². The number of aryl methyl sites for hydroxylation is 1. The van der Waals surface area contributed by atoms with Crippen molar-refractivity contribution in [3.05, 3.63) is 77.6 Å². The third-order valence-corrected chi connectivity index (χ3v) is 5.16. The topological polar surface area (TPSA) is 41.4 Å². The van der Waals surface area contributed by atoms with E-state index in [2.05, 4.69) is 30.9 Å². The van der Waals surface area contributed by atoms with Gasteiger partial charge in [-0.15, -0.1) is 0 Å². The first-order valence-corrected chi connectivity index (χ1v) is 9.36. The molecule has 1 aliphatic rings. The number of carbonyl (C=O) groups is 1. The number of benzene rings is 2. The zero-order valence-corrected chi connectivity index (χ0v) is 15.8. The van der Waals surface area contributed by atoms with Gasteiger partial charge in [0.1, 0.15) is 0 Å². The van der Waals surface area contributed by atoms with Crippen LogP contribution in [0.15, 0.2) is 60.7 Å². The van der Waals surface area contributed by atoms with Gasteiger partial charge in [0.25, 0.3) is 5.91 Å². The molecule has 5 heteroatoms. The lowest BCUT2D eigenvalue weighted by Crippen LogP contribution is -2.49. The molecule has 0 saturated carbocycles. The lowest BCUT2D eigenvalue weighted by atomic mass is 10.1. The molecule has 1 fully saturated rings. The van der Waals surface area contributed by atoms with Crippen LogP contribution in [0.5, 0.6) is 0 Å². The van der Waals surface area contributed by atoms with Crippen molar-refractivity contribution in [2.75, 3.05) is 31.1 Å². The normalized spacial score (nSPS) is 14.4. The van der Waals surface area contributed by atoms with Crippen molar-refractivity contribution in [2.24, 2.45) is 0 Å². The predicted octanol–water partition coefficient (Wildman–Crippen LogP) is 3.45. The fourth-order valence-corrected chi connectivity index (χ4v) is 3.81. The van der Waals surface area contributed by atoms with Crippen molar-refractivity contribution in [3.8, 4) is 5.69 Å². The molecule has 0 aliphatic carbocycles. The highest BCUT2D eigenvalue weighted by atomic mass is 16.2. The molecule has 4 rings (SSSR count). The Kier molecular flexibility index (Phi) is 4.67. The van der Waals surface area contributed by atoms with Crippen LogP contribution < -0.4 is 4.90 Å². The molecule has 3 aromatic rings. The average molecular weight is 360 g/mol. The van der Waals surface area contributed by atoms with Crippen LogP contribution in [0, 0.1) is 13.8 Å². The summed E-state index contributed by atoms with van der Waals surface area (Å²) >= 11 is 0. The average Bonchev–Trinajstić information content (AvgIpc) is 3.03. The summed E-state index contributed by atoms with van der Waals surface area (Å²) in [6.07, 6.45) is 0. The maximum absolute atomic E-state index is 12.7. The number of para-hydroxylation sites is 1. The molecule has 27 heavy (non-hydrogen) atoms. The number of rotatable bonds is 3. The molecule has 0 radical (unpaired) electrons. The van der Waals surface area contributed by atoms with Gasteiger partial charge in [-0.1, -0.05) is 36.4 Å². The molecule has 138 valence electrons. The number of hydrogen-bond donors (Lipinski definition) is 0. The summed E-state index contributed by atoms with van der Waals surface area (Å²) in [5.41, 5.74) is 5.18. The number of aromatic nitrogens is 2. The van der Waals surface area contributed by atoms with Crippen molar-refractivity contribution in [1.82, 2.24) is 14.7 Å². The van der Waals surface area contributed by atoms with Gasteiger partial charge < -0.3 is 9.80 Å². The quantitative estimate of drug-likeness (QED) is 0.718. The minimum atomic E-state index is 0.115. The third-order valence-electron chi connectivity index (χ3n) is 5.16. The van der Waals surface area contributed by atoms with E-state index in [4.69, 9.17) is 5.10 Å². The molecule has 0 bridgehead atoms. The van der Waals surface area contributed by atoms with Crippen LogP contribution in [0.4, 0.5) is 5.69 Å². The van der Waals surface area contributed by atoms with Gasteiger partial charge in [0.15, 0.2) is 0 Å². The number of nitrogens with zero attached hydrogens (tertiary/aromatic N) is 4. The van der Waals surface area contributed by atoms with Crippen LogP contribution >= 0.6 is 0 Å². The van der Waals surface area contributed by atoms with Gasteiger partial charge >= 0.3 is 0 Å². The van der Waals surface area contributed by atoms with Gasteiger partial charge in [0.05, 0.1) is 22.8 Å². The standard InChI is InChI=1S/C22H24N4O/c1-17-21(18(2)26(23-17)20-11-7-4-8-12-20)24-13-15-25(16-14-24)22(27)19-9-5-3-6-10-19/h3-12H,13-16H2,1-2H3. The van der Waals surface area contributed by atoms with Crippen molar-refractivity contribution < 1.29 is 4.79 Å². The number of anilines is 1. The van der Waals surface area contributed by atoms with E-state index in [1.54, 1.807) is 0 Å². The van der Waals surface area contributed by atoms with Gasteiger partial charge in [-0.05, 0) is 38.1 Å². The van der Waals surface area contributed by atoms with Crippen LogP contribution in [-0.2, 0) is 0 Å². The molecule has 1 aliphatic heterocycles. The second-order valence-electron chi connectivity index (χ2n) is 6.91. The van der Waals surface area contributed by atoms with Gasteiger partial charge in [0, 0.05) is 31.7 Å². The Morgan fingerprint density at radius 3 is 2.07 bits per heavy atom. The summed E-state index contributed by atoms with van der Waals surface area (Å²) < 4.78 is 2.01. The smallest absolute Gasteiger partial charge is 0.253 e. The Bertz CT molecular complexity index is 926. The van der Waals surface area contributed by atoms with Crippen LogP contribution in [0.1, 0.15) is 21.7 Å². The van der Waals surface area contributed by atoms with Gasteiger partial charge in [-0.3, -0.25) is 4.79 Å². The second kappa shape index (κ2) is 7.27. The van der Waals surface area contributed by atoms with E-state index in [9.17, 15) is 4.79 Å². The van der Waals surface area contributed by atoms with Crippen molar-refractivity contribution >= 4 is 11.6 Å². The molecule has 5 nitrogen and oxygen atoms in total. The van der Waals surface area contributed by atoms with Gasteiger partial charge in [-0.25, -0.2) is 4.68 Å². The van der Waals surface area contributed by atoms with E-state index in [1.807, 2.05) is 58.1 Å². The predicted molar refractivity (Wildman–Crippen MR) is 108 cm³/mol. The van der Waals surface area contributed by atoms with E-state index >= 15 is 0 Å². The molecule has 0 atom stereocenters. The van der Waals surface area contributed by atoms with Crippen molar-refractivity contribution in [1.29, 1.82) is 0 Å². The zero-order chi connectivity index (χ0) is 18.8. The van der Waals surface area contributed by atoms with E-state index < -0.39 is 0 Å². The minimum Gasteiger partial charge on any atom is -0.365 e. The van der Waals surface area contributed by atoms with E-state index in [0.29, 0.717) is 0 Å². The fraction of sp³-hybridized carbons (Fsp3) is 0.273. The fourth-order valence-electron chi connectivity index (χ4n) is 3.81. The molecule has 0 N–H and O–H groups in total. The molecule has 1 amide bonds. The van der Waals surface area contributed by atoms with Crippen LogP contribution in [0.25, 0.3) is 5.69 Å². The molecular formula is C22H24N4O. The van der Waals surface area contributed by atoms with Gasteiger partial charge in [-0.2, -0.15) is 5.10 Å².